The molecule has 1 aromatic heterocycles. The summed E-state index contributed by atoms with van der Waals surface area (Å²) in [6, 6.07) is 7.47. The number of rotatable bonds is 1. The first kappa shape index (κ1) is 10.9. The molecule has 0 saturated carbocycles. The van der Waals surface area contributed by atoms with E-state index in [1.165, 1.54) is 0 Å². The Bertz CT molecular complexity index is 538. The van der Waals surface area contributed by atoms with E-state index in [-0.39, 0.29) is 0 Å². The van der Waals surface area contributed by atoms with Crippen molar-refractivity contribution in [2.75, 3.05) is 5.73 Å². The molecule has 0 saturated heterocycles. The standard InChI is InChI=1S/C12H12ClN3/c1-7-8(2)16-12(14)11(15-7)9-5-3-4-6-10(9)13/h3-6H,1-2H3,(H2,14,16). The predicted molar refractivity (Wildman–Crippen MR) is 66.4 cm³/mol. The average Bonchev–Trinajstić information content (AvgIpc) is 2.25. The molecule has 1 heterocycles. The van der Waals surface area contributed by atoms with Gasteiger partial charge in [0.2, 0.25) is 0 Å². The summed E-state index contributed by atoms with van der Waals surface area (Å²) in [5.74, 6) is 0.413. The van der Waals surface area contributed by atoms with Crippen LogP contribution in [-0.2, 0) is 0 Å². The first-order valence-electron chi connectivity index (χ1n) is 4.95. The third-order valence-corrected chi connectivity index (χ3v) is 2.79. The second-order valence-corrected chi connectivity index (χ2v) is 4.02. The highest BCUT2D eigenvalue weighted by molar-refractivity contribution is 6.33. The summed E-state index contributed by atoms with van der Waals surface area (Å²) in [5, 5.41) is 0.631. The summed E-state index contributed by atoms with van der Waals surface area (Å²) in [6.07, 6.45) is 0. The molecule has 2 aromatic rings. The van der Waals surface area contributed by atoms with Gasteiger partial charge in [-0.15, -0.1) is 0 Å². The van der Waals surface area contributed by atoms with E-state index in [4.69, 9.17) is 17.3 Å². The lowest BCUT2D eigenvalue weighted by Crippen LogP contribution is -2.02. The smallest absolute Gasteiger partial charge is 0.150 e. The molecule has 0 aliphatic carbocycles. The van der Waals surface area contributed by atoms with E-state index in [1.807, 2.05) is 38.1 Å². The van der Waals surface area contributed by atoms with Crippen molar-refractivity contribution in [3.63, 3.8) is 0 Å². The Labute approximate surface area is 99.3 Å². The average molecular weight is 234 g/mol. The fraction of sp³-hybridized carbons (Fsp3) is 0.167. The Morgan fingerprint density at radius 3 is 2.38 bits per heavy atom. The first-order valence-corrected chi connectivity index (χ1v) is 5.33. The van der Waals surface area contributed by atoms with Crippen molar-refractivity contribution in [3.8, 4) is 11.3 Å². The third kappa shape index (κ3) is 1.86. The quantitative estimate of drug-likeness (QED) is 0.824. The highest BCUT2D eigenvalue weighted by Gasteiger charge is 2.10. The van der Waals surface area contributed by atoms with Crippen molar-refractivity contribution in [2.24, 2.45) is 0 Å². The number of nitrogens with zero attached hydrogens (tertiary/aromatic N) is 2. The van der Waals surface area contributed by atoms with Crippen molar-refractivity contribution in [1.82, 2.24) is 9.97 Å². The highest BCUT2D eigenvalue weighted by Crippen LogP contribution is 2.29. The van der Waals surface area contributed by atoms with Gasteiger partial charge in [0.1, 0.15) is 11.5 Å². The molecular weight excluding hydrogens is 222 g/mol. The number of aromatic nitrogens is 2. The summed E-state index contributed by atoms with van der Waals surface area (Å²) < 4.78 is 0. The number of hydrogen-bond donors (Lipinski definition) is 1. The first-order chi connectivity index (χ1) is 7.59. The lowest BCUT2D eigenvalue weighted by molar-refractivity contribution is 1.06. The topological polar surface area (TPSA) is 51.8 Å². The fourth-order valence-electron chi connectivity index (χ4n) is 1.47. The summed E-state index contributed by atoms with van der Waals surface area (Å²) in [5.41, 5.74) is 9.03. The lowest BCUT2D eigenvalue weighted by Gasteiger charge is -2.08. The van der Waals surface area contributed by atoms with Gasteiger partial charge in [-0.3, -0.25) is 0 Å². The van der Waals surface area contributed by atoms with Crippen LogP contribution >= 0.6 is 11.6 Å². The van der Waals surface area contributed by atoms with Crippen molar-refractivity contribution >= 4 is 17.4 Å². The highest BCUT2D eigenvalue weighted by atomic mass is 35.5. The number of anilines is 1. The zero-order valence-corrected chi connectivity index (χ0v) is 9.92. The molecule has 2 N–H and O–H groups in total. The minimum Gasteiger partial charge on any atom is -0.382 e. The molecule has 1 aromatic carbocycles. The van der Waals surface area contributed by atoms with Crippen LogP contribution in [0.2, 0.25) is 5.02 Å². The van der Waals surface area contributed by atoms with E-state index in [0.29, 0.717) is 16.5 Å². The van der Waals surface area contributed by atoms with Gasteiger partial charge < -0.3 is 5.73 Å². The van der Waals surface area contributed by atoms with Gasteiger partial charge in [0.25, 0.3) is 0 Å². The fourth-order valence-corrected chi connectivity index (χ4v) is 1.70. The SMILES string of the molecule is Cc1nc(N)c(-c2ccccc2Cl)nc1C. The number of nitrogen functional groups attached to an aromatic ring is 1. The van der Waals surface area contributed by atoms with Gasteiger partial charge in [-0.1, -0.05) is 29.8 Å². The minimum atomic E-state index is 0.413. The van der Waals surface area contributed by atoms with E-state index >= 15 is 0 Å². The summed E-state index contributed by atoms with van der Waals surface area (Å²) in [7, 11) is 0. The maximum atomic E-state index is 6.10. The van der Waals surface area contributed by atoms with Crippen LogP contribution in [0, 0.1) is 13.8 Å². The van der Waals surface area contributed by atoms with Gasteiger partial charge in [-0.25, -0.2) is 9.97 Å². The molecule has 0 bridgehead atoms. The molecule has 2 rings (SSSR count). The maximum absolute atomic E-state index is 6.10. The predicted octanol–water partition coefficient (Wildman–Crippen LogP) is 3.00. The molecule has 0 aliphatic rings. The largest absolute Gasteiger partial charge is 0.382 e. The molecule has 0 radical (unpaired) electrons. The van der Waals surface area contributed by atoms with E-state index in [9.17, 15) is 0 Å². The van der Waals surface area contributed by atoms with Gasteiger partial charge >= 0.3 is 0 Å². The second kappa shape index (κ2) is 4.10. The van der Waals surface area contributed by atoms with Gasteiger partial charge in [0.15, 0.2) is 0 Å². The van der Waals surface area contributed by atoms with Crippen LogP contribution in [0.25, 0.3) is 11.3 Å². The molecule has 0 atom stereocenters. The van der Waals surface area contributed by atoms with Crippen molar-refractivity contribution in [2.45, 2.75) is 13.8 Å². The molecule has 0 unspecified atom stereocenters. The normalized spacial score (nSPS) is 10.4. The molecule has 82 valence electrons. The second-order valence-electron chi connectivity index (χ2n) is 3.61. The molecule has 0 fully saturated rings. The molecular formula is C12H12ClN3. The van der Waals surface area contributed by atoms with E-state index in [0.717, 1.165) is 17.0 Å². The number of hydrogen-bond acceptors (Lipinski definition) is 3. The number of halogens is 1. The molecule has 0 amide bonds. The molecule has 4 heteroatoms. The Hall–Kier alpha value is -1.61. The van der Waals surface area contributed by atoms with Crippen LogP contribution in [0.5, 0.6) is 0 Å². The number of benzene rings is 1. The summed E-state index contributed by atoms with van der Waals surface area (Å²) in [6.45, 7) is 3.79. The van der Waals surface area contributed by atoms with Gasteiger partial charge in [0.05, 0.1) is 16.4 Å². The van der Waals surface area contributed by atoms with Gasteiger partial charge in [0, 0.05) is 5.56 Å². The van der Waals surface area contributed by atoms with E-state index in [2.05, 4.69) is 9.97 Å². The van der Waals surface area contributed by atoms with E-state index < -0.39 is 0 Å². The van der Waals surface area contributed by atoms with Crippen LogP contribution < -0.4 is 5.73 Å². The Morgan fingerprint density at radius 1 is 1.06 bits per heavy atom. The summed E-state index contributed by atoms with van der Waals surface area (Å²) >= 11 is 6.10. The van der Waals surface area contributed by atoms with Crippen molar-refractivity contribution in [3.05, 3.63) is 40.7 Å². The van der Waals surface area contributed by atoms with Crippen molar-refractivity contribution < 1.29 is 0 Å². The molecule has 0 spiro atoms. The van der Waals surface area contributed by atoms with Crippen molar-refractivity contribution in [1.29, 1.82) is 0 Å². The Balaban J connectivity index is 2.65. The summed E-state index contributed by atoms with van der Waals surface area (Å²) in [4.78, 5) is 8.68. The number of aryl methyl sites for hydroxylation is 2. The third-order valence-electron chi connectivity index (χ3n) is 2.46. The number of nitrogens with two attached hydrogens (primary N) is 1. The molecule has 0 aliphatic heterocycles. The van der Waals surface area contributed by atoms with Gasteiger partial charge in [-0.2, -0.15) is 0 Å². The van der Waals surface area contributed by atoms with Crippen LogP contribution in [0.15, 0.2) is 24.3 Å². The van der Waals surface area contributed by atoms with Crippen LogP contribution in [-0.4, -0.2) is 9.97 Å². The lowest BCUT2D eigenvalue weighted by atomic mass is 10.1. The minimum absolute atomic E-state index is 0.413. The monoisotopic (exact) mass is 233 g/mol. The van der Waals surface area contributed by atoms with Crippen LogP contribution in [0.3, 0.4) is 0 Å². The zero-order chi connectivity index (χ0) is 11.7. The van der Waals surface area contributed by atoms with Crippen LogP contribution in [0.4, 0.5) is 5.82 Å². The van der Waals surface area contributed by atoms with Gasteiger partial charge in [-0.05, 0) is 19.9 Å². The molecule has 3 nitrogen and oxygen atoms in total. The van der Waals surface area contributed by atoms with E-state index in [1.54, 1.807) is 0 Å². The molecule has 16 heavy (non-hydrogen) atoms. The Morgan fingerprint density at radius 2 is 1.69 bits per heavy atom. The Kier molecular flexibility index (Phi) is 2.79. The maximum Gasteiger partial charge on any atom is 0.150 e. The zero-order valence-electron chi connectivity index (χ0n) is 9.16. The van der Waals surface area contributed by atoms with Crippen LogP contribution in [0.1, 0.15) is 11.4 Å².